The lowest BCUT2D eigenvalue weighted by Gasteiger charge is -2.36. The standard InChI is InChI=1S/C24H30F2OS/c1-2-3-6-17-9-11-18(12-10-17)20-7-4-5-8-21(20)24(23(25)26)15-13-19(14-16-24)22(27)28/h4-5,7-8,13-19,23H,2-3,6,9-12H2,1H3,(H,27,28). The zero-order valence-corrected chi connectivity index (χ0v) is 17.4. The molecule has 2 aliphatic carbocycles. The van der Waals surface area contributed by atoms with Crippen LogP contribution in [-0.2, 0) is 10.2 Å². The summed E-state index contributed by atoms with van der Waals surface area (Å²) in [5, 5.41) is -0.325. The highest BCUT2D eigenvalue weighted by molar-refractivity contribution is 7.96. The number of benzene rings is 1. The molecule has 4 heteroatoms. The summed E-state index contributed by atoms with van der Waals surface area (Å²) in [6.45, 7) is 2.22. The Labute approximate surface area is 172 Å². The number of rotatable bonds is 7. The summed E-state index contributed by atoms with van der Waals surface area (Å²) in [4.78, 5) is 11.5. The van der Waals surface area contributed by atoms with Crippen LogP contribution in [0.15, 0.2) is 48.6 Å². The normalized spacial score (nSPS) is 30.0. The maximum Gasteiger partial charge on any atom is 0.255 e. The molecule has 1 fully saturated rings. The fraction of sp³-hybridized carbons (Fsp3) is 0.542. The van der Waals surface area contributed by atoms with E-state index in [4.69, 9.17) is 0 Å². The summed E-state index contributed by atoms with van der Waals surface area (Å²) in [7, 11) is 0. The molecule has 0 unspecified atom stereocenters. The topological polar surface area (TPSA) is 17.1 Å². The van der Waals surface area contributed by atoms with Crippen molar-refractivity contribution in [3.63, 3.8) is 0 Å². The minimum Gasteiger partial charge on any atom is -0.286 e. The number of carbonyl (C=O) groups is 1. The van der Waals surface area contributed by atoms with E-state index >= 15 is 0 Å². The van der Waals surface area contributed by atoms with Gasteiger partial charge in [0.25, 0.3) is 6.43 Å². The minimum atomic E-state index is -2.57. The van der Waals surface area contributed by atoms with Gasteiger partial charge < -0.3 is 0 Å². The molecular weight excluding hydrogens is 374 g/mol. The van der Waals surface area contributed by atoms with Gasteiger partial charge >= 0.3 is 0 Å². The second-order valence-corrected chi connectivity index (χ2v) is 8.70. The largest absolute Gasteiger partial charge is 0.286 e. The van der Waals surface area contributed by atoms with Gasteiger partial charge in [0.2, 0.25) is 0 Å². The summed E-state index contributed by atoms with van der Waals surface area (Å²) < 4.78 is 28.7. The van der Waals surface area contributed by atoms with E-state index in [2.05, 4.69) is 19.6 Å². The molecular formula is C24H30F2OS. The highest BCUT2D eigenvalue weighted by atomic mass is 32.1. The molecule has 0 bridgehead atoms. The van der Waals surface area contributed by atoms with Crippen LogP contribution in [0.25, 0.3) is 0 Å². The first-order valence-electron chi connectivity index (χ1n) is 10.5. The molecule has 0 amide bonds. The molecule has 0 radical (unpaired) electrons. The van der Waals surface area contributed by atoms with E-state index in [0.29, 0.717) is 11.5 Å². The van der Waals surface area contributed by atoms with E-state index in [1.807, 2.05) is 24.3 Å². The smallest absolute Gasteiger partial charge is 0.255 e. The van der Waals surface area contributed by atoms with Crippen molar-refractivity contribution in [2.24, 2.45) is 11.8 Å². The maximum atomic E-state index is 14.3. The van der Waals surface area contributed by atoms with E-state index in [1.54, 1.807) is 12.2 Å². The highest BCUT2D eigenvalue weighted by Crippen LogP contribution is 2.45. The second kappa shape index (κ2) is 9.39. The summed E-state index contributed by atoms with van der Waals surface area (Å²) in [6, 6.07) is 7.65. The number of allylic oxidation sites excluding steroid dienone is 4. The van der Waals surface area contributed by atoms with Crippen LogP contribution in [0, 0.1) is 11.8 Å². The number of hydrogen-bond acceptors (Lipinski definition) is 1. The van der Waals surface area contributed by atoms with E-state index in [0.717, 1.165) is 24.3 Å². The van der Waals surface area contributed by atoms with E-state index < -0.39 is 17.8 Å². The van der Waals surface area contributed by atoms with Crippen molar-refractivity contribution in [3.8, 4) is 0 Å². The monoisotopic (exact) mass is 404 g/mol. The molecule has 1 aromatic carbocycles. The van der Waals surface area contributed by atoms with Crippen LogP contribution >= 0.6 is 12.6 Å². The zero-order valence-electron chi connectivity index (χ0n) is 16.5. The fourth-order valence-electron chi connectivity index (χ4n) is 4.75. The van der Waals surface area contributed by atoms with Crippen molar-refractivity contribution in [3.05, 3.63) is 59.7 Å². The van der Waals surface area contributed by atoms with Crippen molar-refractivity contribution in [2.75, 3.05) is 0 Å². The van der Waals surface area contributed by atoms with Crippen LogP contribution in [0.3, 0.4) is 0 Å². The third kappa shape index (κ3) is 4.42. The average molecular weight is 405 g/mol. The third-order valence-corrected chi connectivity index (χ3v) is 6.78. The second-order valence-electron chi connectivity index (χ2n) is 8.26. The van der Waals surface area contributed by atoms with Gasteiger partial charge in [0, 0.05) is 0 Å². The summed E-state index contributed by atoms with van der Waals surface area (Å²) in [6.07, 6.45) is 11.9. The molecule has 0 aliphatic heterocycles. The molecule has 0 N–H and O–H groups in total. The van der Waals surface area contributed by atoms with E-state index in [9.17, 15) is 13.6 Å². The molecule has 0 spiro atoms. The Bertz CT molecular complexity index is 718. The number of unbranched alkanes of at least 4 members (excludes halogenated alkanes) is 1. The first kappa shape index (κ1) is 21.3. The number of halogens is 2. The van der Waals surface area contributed by atoms with Gasteiger partial charge in [0.15, 0.2) is 5.12 Å². The van der Waals surface area contributed by atoms with Crippen LogP contribution in [0.1, 0.15) is 68.9 Å². The lowest BCUT2D eigenvalue weighted by molar-refractivity contribution is -0.112. The molecule has 1 aromatic rings. The van der Waals surface area contributed by atoms with Crippen molar-refractivity contribution in [2.45, 2.75) is 69.6 Å². The van der Waals surface area contributed by atoms with E-state index in [-0.39, 0.29) is 5.12 Å². The molecule has 2 aliphatic rings. The Morgan fingerprint density at radius 2 is 1.79 bits per heavy atom. The molecule has 152 valence electrons. The van der Waals surface area contributed by atoms with Gasteiger partial charge in [-0.25, -0.2) is 8.78 Å². The van der Waals surface area contributed by atoms with Gasteiger partial charge in [-0.1, -0.05) is 74.8 Å². The lowest BCUT2D eigenvalue weighted by atomic mass is 9.69. The van der Waals surface area contributed by atoms with Crippen molar-refractivity contribution < 1.29 is 13.6 Å². The number of thiol groups is 1. The summed E-state index contributed by atoms with van der Waals surface area (Å²) >= 11 is 3.84. The lowest BCUT2D eigenvalue weighted by Crippen LogP contribution is -2.34. The Kier molecular flexibility index (Phi) is 7.14. The number of carbonyl (C=O) groups excluding carboxylic acids is 1. The van der Waals surface area contributed by atoms with Gasteiger partial charge in [-0.05, 0) is 48.6 Å². The van der Waals surface area contributed by atoms with Crippen LogP contribution in [0.2, 0.25) is 0 Å². The molecule has 3 rings (SSSR count). The fourth-order valence-corrected chi connectivity index (χ4v) is 4.93. The van der Waals surface area contributed by atoms with Gasteiger partial charge in [-0.3, -0.25) is 4.79 Å². The molecule has 0 atom stereocenters. The van der Waals surface area contributed by atoms with Crippen molar-refractivity contribution in [1.29, 1.82) is 0 Å². The number of hydrogen-bond donors (Lipinski definition) is 1. The van der Waals surface area contributed by atoms with Crippen LogP contribution in [0.5, 0.6) is 0 Å². The van der Waals surface area contributed by atoms with Gasteiger partial charge in [0.1, 0.15) is 0 Å². The first-order chi connectivity index (χ1) is 13.5. The maximum absolute atomic E-state index is 14.3. The van der Waals surface area contributed by atoms with Crippen molar-refractivity contribution >= 4 is 17.7 Å². The van der Waals surface area contributed by atoms with Crippen molar-refractivity contribution in [1.82, 2.24) is 0 Å². The summed E-state index contributed by atoms with van der Waals surface area (Å²) in [5.74, 6) is 0.580. The van der Waals surface area contributed by atoms with Crippen LogP contribution < -0.4 is 0 Å². The first-order valence-corrected chi connectivity index (χ1v) is 10.9. The minimum absolute atomic E-state index is 0.325. The molecule has 28 heavy (non-hydrogen) atoms. The Morgan fingerprint density at radius 3 is 2.36 bits per heavy atom. The van der Waals surface area contributed by atoms with E-state index in [1.165, 1.54) is 44.3 Å². The zero-order chi connectivity index (χ0) is 20.1. The van der Waals surface area contributed by atoms with Gasteiger partial charge in [-0.2, -0.15) is 0 Å². The highest BCUT2D eigenvalue weighted by Gasteiger charge is 2.41. The predicted octanol–water partition coefficient (Wildman–Crippen LogP) is 6.85. The Balaban J connectivity index is 1.86. The van der Waals surface area contributed by atoms with Gasteiger partial charge in [0.05, 0.1) is 11.3 Å². The molecule has 1 saturated carbocycles. The Hall–Kier alpha value is -1.42. The molecule has 0 saturated heterocycles. The SMILES string of the molecule is CCCCC1CCC(c2ccccc2C2(C(F)F)C=CC(C(=O)S)C=C2)CC1. The van der Waals surface area contributed by atoms with Crippen LogP contribution in [0.4, 0.5) is 8.78 Å². The van der Waals surface area contributed by atoms with Crippen LogP contribution in [-0.4, -0.2) is 11.5 Å². The summed E-state index contributed by atoms with van der Waals surface area (Å²) in [5.41, 5.74) is 0.260. The average Bonchev–Trinajstić information content (AvgIpc) is 2.72. The molecule has 0 heterocycles. The molecule has 0 aromatic heterocycles. The predicted molar refractivity (Wildman–Crippen MR) is 114 cm³/mol. The quantitative estimate of drug-likeness (QED) is 0.388. The molecule has 1 nitrogen and oxygen atoms in total. The number of alkyl halides is 2. The van der Waals surface area contributed by atoms with Gasteiger partial charge in [-0.15, -0.1) is 12.6 Å². The Morgan fingerprint density at radius 1 is 1.14 bits per heavy atom. The third-order valence-electron chi connectivity index (χ3n) is 6.48.